The summed E-state index contributed by atoms with van der Waals surface area (Å²) in [6.07, 6.45) is 1.92. The molecule has 1 aliphatic heterocycles. The molecule has 1 aromatic rings. The Kier molecular flexibility index (Phi) is 4.30. The second-order valence-electron chi connectivity index (χ2n) is 4.08. The Morgan fingerprint density at radius 1 is 1.22 bits per heavy atom. The summed E-state index contributed by atoms with van der Waals surface area (Å²) >= 11 is 0. The molecule has 1 aliphatic rings. The van der Waals surface area contributed by atoms with Gasteiger partial charge >= 0.3 is 0 Å². The van der Waals surface area contributed by atoms with Crippen LogP contribution in [0.2, 0.25) is 0 Å². The van der Waals surface area contributed by atoms with Crippen LogP contribution in [0, 0.1) is 0 Å². The van der Waals surface area contributed by atoms with E-state index in [1.807, 2.05) is 6.07 Å². The lowest BCUT2D eigenvalue weighted by Gasteiger charge is -2.25. The maximum Gasteiger partial charge on any atom is 0.265 e. The Hall–Kier alpha value is -1.88. The van der Waals surface area contributed by atoms with Crippen molar-refractivity contribution in [3.8, 4) is 0 Å². The van der Waals surface area contributed by atoms with Gasteiger partial charge in [0.2, 0.25) is 0 Å². The van der Waals surface area contributed by atoms with Gasteiger partial charge in [0.05, 0.1) is 13.2 Å². The molecule has 1 saturated heterocycles. The molecule has 1 N–H and O–H groups in total. The lowest BCUT2D eigenvalue weighted by atomic mass is 10.2. The summed E-state index contributed by atoms with van der Waals surface area (Å²) in [7, 11) is 0. The van der Waals surface area contributed by atoms with Crippen LogP contribution >= 0.6 is 0 Å². The number of nitrogens with one attached hydrogen (secondary N) is 1. The van der Waals surface area contributed by atoms with Gasteiger partial charge in [-0.2, -0.15) is 0 Å². The number of nitrogens with zero attached hydrogens (tertiary/aromatic N) is 1. The van der Waals surface area contributed by atoms with E-state index in [-0.39, 0.29) is 18.4 Å². The second-order valence-corrected chi connectivity index (χ2v) is 4.08. The molecular weight excluding hydrogens is 232 g/mol. The molecule has 5 nitrogen and oxygen atoms in total. The van der Waals surface area contributed by atoms with E-state index in [1.54, 1.807) is 24.3 Å². The Morgan fingerprint density at radius 3 is 2.67 bits per heavy atom. The first-order chi connectivity index (χ1) is 8.77. The van der Waals surface area contributed by atoms with Gasteiger partial charge in [-0.3, -0.25) is 14.4 Å². The summed E-state index contributed by atoms with van der Waals surface area (Å²) in [5.41, 5.74) is 0.546. The quantitative estimate of drug-likeness (QED) is 0.867. The zero-order valence-electron chi connectivity index (χ0n) is 10.1. The minimum atomic E-state index is -0.249. The van der Waals surface area contributed by atoms with Gasteiger partial charge in [0.25, 0.3) is 11.8 Å². The van der Waals surface area contributed by atoms with Gasteiger partial charge in [-0.05, 0) is 25.0 Å². The van der Waals surface area contributed by atoms with Gasteiger partial charge < -0.3 is 5.32 Å². The highest BCUT2D eigenvalue weighted by atomic mass is 16.7. The minimum absolute atomic E-state index is 0.0340. The highest BCUT2D eigenvalue weighted by molar-refractivity contribution is 5.96. The summed E-state index contributed by atoms with van der Waals surface area (Å²) in [6, 6.07) is 8.81. The molecule has 5 heteroatoms. The van der Waals surface area contributed by atoms with E-state index in [9.17, 15) is 9.59 Å². The zero-order valence-corrected chi connectivity index (χ0v) is 10.1. The standard InChI is InChI=1S/C13H16N2O3/c16-12(15-8-4-5-9-18-15)10-14-13(17)11-6-2-1-3-7-11/h1-3,6-7H,4-5,8-10H2,(H,14,17). The maximum atomic E-state index is 11.7. The van der Waals surface area contributed by atoms with Crippen LogP contribution < -0.4 is 5.32 Å². The number of benzene rings is 1. The van der Waals surface area contributed by atoms with E-state index in [0.717, 1.165) is 12.8 Å². The fraction of sp³-hybridized carbons (Fsp3) is 0.385. The van der Waals surface area contributed by atoms with E-state index in [2.05, 4.69) is 5.32 Å². The Labute approximate surface area is 106 Å². The van der Waals surface area contributed by atoms with Crippen molar-refractivity contribution >= 4 is 11.8 Å². The molecule has 0 bridgehead atoms. The number of amides is 2. The highest BCUT2D eigenvalue weighted by Gasteiger charge is 2.18. The molecule has 2 rings (SSSR count). The van der Waals surface area contributed by atoms with Crippen LogP contribution in [-0.4, -0.2) is 36.6 Å². The monoisotopic (exact) mass is 248 g/mol. The van der Waals surface area contributed by atoms with Crippen molar-refractivity contribution in [2.45, 2.75) is 12.8 Å². The lowest BCUT2D eigenvalue weighted by Crippen LogP contribution is -2.42. The first kappa shape index (κ1) is 12.6. The molecule has 0 saturated carbocycles. The molecule has 1 fully saturated rings. The third-order valence-electron chi connectivity index (χ3n) is 2.72. The molecule has 18 heavy (non-hydrogen) atoms. The molecular formula is C13H16N2O3. The van der Waals surface area contributed by atoms with Crippen LogP contribution in [0.1, 0.15) is 23.2 Å². The van der Waals surface area contributed by atoms with Crippen molar-refractivity contribution < 1.29 is 14.4 Å². The topological polar surface area (TPSA) is 58.6 Å². The molecule has 0 aliphatic carbocycles. The Bertz CT molecular complexity index is 414. The van der Waals surface area contributed by atoms with Crippen LogP contribution in [-0.2, 0) is 9.63 Å². The smallest absolute Gasteiger partial charge is 0.265 e. The number of rotatable bonds is 3. The van der Waals surface area contributed by atoms with Gasteiger partial charge in [0.1, 0.15) is 0 Å². The number of hydroxylamine groups is 2. The molecule has 0 radical (unpaired) electrons. The fourth-order valence-electron chi connectivity index (χ4n) is 1.73. The van der Waals surface area contributed by atoms with Crippen molar-refractivity contribution in [1.29, 1.82) is 0 Å². The van der Waals surface area contributed by atoms with Crippen LogP contribution in [0.3, 0.4) is 0 Å². The van der Waals surface area contributed by atoms with Crippen LogP contribution in [0.5, 0.6) is 0 Å². The van der Waals surface area contributed by atoms with E-state index in [0.29, 0.717) is 18.7 Å². The van der Waals surface area contributed by atoms with Crippen molar-refractivity contribution in [3.05, 3.63) is 35.9 Å². The maximum absolute atomic E-state index is 11.7. The number of carbonyl (C=O) groups excluding carboxylic acids is 2. The first-order valence-electron chi connectivity index (χ1n) is 6.04. The van der Waals surface area contributed by atoms with Crippen LogP contribution in [0.25, 0.3) is 0 Å². The van der Waals surface area contributed by atoms with E-state index < -0.39 is 0 Å². The summed E-state index contributed by atoms with van der Waals surface area (Å²) in [5.74, 6) is -0.458. The Balaban J connectivity index is 1.80. The molecule has 96 valence electrons. The average Bonchev–Trinajstić information content (AvgIpc) is 2.46. The fourth-order valence-corrected chi connectivity index (χ4v) is 1.73. The zero-order chi connectivity index (χ0) is 12.8. The second kappa shape index (κ2) is 6.16. The van der Waals surface area contributed by atoms with Crippen molar-refractivity contribution in [3.63, 3.8) is 0 Å². The SMILES string of the molecule is O=C(NCC(=O)N1CCCCO1)c1ccccc1. The van der Waals surface area contributed by atoms with Crippen molar-refractivity contribution in [1.82, 2.24) is 10.4 Å². The van der Waals surface area contributed by atoms with Crippen molar-refractivity contribution in [2.24, 2.45) is 0 Å². The Morgan fingerprint density at radius 2 is 2.00 bits per heavy atom. The van der Waals surface area contributed by atoms with Crippen LogP contribution in [0.15, 0.2) is 30.3 Å². The molecule has 1 heterocycles. The summed E-state index contributed by atoms with van der Waals surface area (Å²) in [4.78, 5) is 28.6. The van der Waals surface area contributed by atoms with E-state index in [4.69, 9.17) is 4.84 Å². The van der Waals surface area contributed by atoms with Gasteiger partial charge in [-0.25, -0.2) is 5.06 Å². The van der Waals surface area contributed by atoms with Gasteiger partial charge in [-0.15, -0.1) is 0 Å². The molecule has 0 spiro atoms. The van der Waals surface area contributed by atoms with Crippen LogP contribution in [0.4, 0.5) is 0 Å². The molecule has 2 amide bonds. The van der Waals surface area contributed by atoms with Gasteiger partial charge in [0.15, 0.2) is 0 Å². The average molecular weight is 248 g/mol. The molecule has 0 aromatic heterocycles. The predicted octanol–water partition coefficient (Wildman–Crippen LogP) is 0.970. The normalized spacial score (nSPS) is 15.2. The minimum Gasteiger partial charge on any atom is -0.343 e. The summed E-state index contributed by atoms with van der Waals surface area (Å²) < 4.78 is 0. The van der Waals surface area contributed by atoms with E-state index in [1.165, 1.54) is 5.06 Å². The van der Waals surface area contributed by atoms with Gasteiger partial charge in [0, 0.05) is 12.1 Å². The van der Waals surface area contributed by atoms with Crippen molar-refractivity contribution in [2.75, 3.05) is 19.7 Å². The first-order valence-corrected chi connectivity index (χ1v) is 6.04. The van der Waals surface area contributed by atoms with E-state index >= 15 is 0 Å². The molecule has 1 aromatic carbocycles. The lowest BCUT2D eigenvalue weighted by molar-refractivity contribution is -0.195. The number of hydrogen-bond acceptors (Lipinski definition) is 3. The largest absolute Gasteiger partial charge is 0.343 e. The summed E-state index contributed by atoms with van der Waals surface area (Å²) in [6.45, 7) is 1.13. The third kappa shape index (κ3) is 3.30. The summed E-state index contributed by atoms with van der Waals surface area (Å²) in [5, 5.41) is 3.91. The number of hydrogen-bond donors (Lipinski definition) is 1. The van der Waals surface area contributed by atoms with Gasteiger partial charge in [-0.1, -0.05) is 18.2 Å². The third-order valence-corrected chi connectivity index (χ3v) is 2.72. The molecule has 0 atom stereocenters. The predicted molar refractivity (Wildman–Crippen MR) is 65.7 cm³/mol. The number of carbonyl (C=O) groups is 2. The molecule has 0 unspecified atom stereocenters. The highest BCUT2D eigenvalue weighted by Crippen LogP contribution is 2.05.